The third kappa shape index (κ3) is 2.74. The van der Waals surface area contributed by atoms with E-state index in [1.165, 1.54) is 7.11 Å². The molecule has 1 saturated heterocycles. The molecule has 2 rings (SSSR count). The zero-order valence-corrected chi connectivity index (χ0v) is 13.9. The minimum absolute atomic E-state index is 0.0673. The normalized spacial score (nSPS) is 35.0. The van der Waals surface area contributed by atoms with Gasteiger partial charge in [0.1, 0.15) is 11.6 Å². The molecule has 2 unspecified atom stereocenters. The molecule has 5 heteroatoms. The van der Waals surface area contributed by atoms with Gasteiger partial charge >= 0.3 is 12.1 Å². The van der Waals surface area contributed by atoms with Crippen molar-refractivity contribution in [3.63, 3.8) is 0 Å². The Morgan fingerprint density at radius 3 is 2.33 bits per heavy atom. The standard InChI is InChI=1S/C16H27NO4/c1-7-11-12-9(2)8-10(12)13(14(18)20-6)17(11)15(19)21-16(3,4)5/h9-13H,7-8H2,1-6H3/t9?,10-,11-,12?,13-/m1/s1. The van der Waals surface area contributed by atoms with Gasteiger partial charge in [-0.1, -0.05) is 13.8 Å². The molecule has 21 heavy (non-hydrogen) atoms. The Morgan fingerprint density at radius 2 is 1.90 bits per heavy atom. The van der Waals surface area contributed by atoms with Crippen LogP contribution in [0, 0.1) is 17.8 Å². The Balaban J connectivity index is 2.29. The molecule has 0 N–H and O–H groups in total. The van der Waals surface area contributed by atoms with Gasteiger partial charge in [0.05, 0.1) is 7.11 Å². The van der Waals surface area contributed by atoms with E-state index in [1.54, 1.807) is 4.90 Å². The van der Waals surface area contributed by atoms with E-state index in [1.807, 2.05) is 20.8 Å². The van der Waals surface area contributed by atoms with Crippen molar-refractivity contribution in [2.45, 2.75) is 65.1 Å². The fourth-order valence-corrected chi connectivity index (χ4v) is 4.01. The third-order valence-corrected chi connectivity index (χ3v) is 4.77. The summed E-state index contributed by atoms with van der Waals surface area (Å²) in [5.74, 6) is 0.815. The van der Waals surface area contributed by atoms with E-state index >= 15 is 0 Å². The molecule has 120 valence electrons. The number of carbonyl (C=O) groups excluding carboxylic acids is 2. The van der Waals surface area contributed by atoms with E-state index in [0.717, 1.165) is 12.8 Å². The van der Waals surface area contributed by atoms with Crippen LogP contribution in [-0.4, -0.2) is 41.8 Å². The summed E-state index contributed by atoms with van der Waals surface area (Å²) in [7, 11) is 1.38. The third-order valence-electron chi connectivity index (χ3n) is 4.77. The van der Waals surface area contributed by atoms with Crippen molar-refractivity contribution in [2.75, 3.05) is 7.11 Å². The highest BCUT2D eigenvalue weighted by Crippen LogP contribution is 2.53. The van der Waals surface area contributed by atoms with E-state index in [9.17, 15) is 9.59 Å². The number of rotatable bonds is 2. The molecule has 0 spiro atoms. The summed E-state index contributed by atoms with van der Waals surface area (Å²) in [6, 6.07) is -0.423. The monoisotopic (exact) mass is 297 g/mol. The van der Waals surface area contributed by atoms with Gasteiger partial charge < -0.3 is 9.47 Å². The van der Waals surface area contributed by atoms with Gasteiger partial charge in [-0.25, -0.2) is 9.59 Å². The molecule has 0 aromatic rings. The summed E-state index contributed by atoms with van der Waals surface area (Å²) in [4.78, 5) is 26.4. The molecule has 0 radical (unpaired) electrons. The van der Waals surface area contributed by atoms with Crippen LogP contribution in [0.5, 0.6) is 0 Å². The maximum Gasteiger partial charge on any atom is 0.411 e. The molecule has 1 aliphatic heterocycles. The van der Waals surface area contributed by atoms with Gasteiger partial charge in [0.15, 0.2) is 0 Å². The fourth-order valence-electron chi connectivity index (χ4n) is 4.01. The van der Waals surface area contributed by atoms with Crippen LogP contribution in [0.25, 0.3) is 0 Å². The molecule has 2 fully saturated rings. The molecule has 0 aromatic heterocycles. The Labute approximate surface area is 127 Å². The van der Waals surface area contributed by atoms with Crippen molar-refractivity contribution in [3.8, 4) is 0 Å². The zero-order chi connectivity index (χ0) is 15.9. The van der Waals surface area contributed by atoms with Crippen LogP contribution in [0.2, 0.25) is 0 Å². The summed E-state index contributed by atoms with van der Waals surface area (Å²) < 4.78 is 10.5. The SMILES string of the molecule is CC[C@@H]1C2C(C)C[C@H]2[C@H](C(=O)OC)N1C(=O)OC(C)(C)C. The molecule has 0 aromatic carbocycles. The first kappa shape index (κ1) is 16.1. The second kappa shape index (κ2) is 5.50. The van der Waals surface area contributed by atoms with Gasteiger partial charge in [-0.05, 0) is 51.4 Å². The largest absolute Gasteiger partial charge is 0.467 e. The summed E-state index contributed by atoms with van der Waals surface area (Å²) in [5, 5.41) is 0. The van der Waals surface area contributed by atoms with Crippen molar-refractivity contribution < 1.29 is 19.1 Å². The molecule has 1 heterocycles. The summed E-state index contributed by atoms with van der Waals surface area (Å²) in [5.41, 5.74) is -0.566. The number of amides is 1. The Hall–Kier alpha value is -1.26. The average molecular weight is 297 g/mol. The maximum atomic E-state index is 12.6. The Bertz CT molecular complexity index is 428. The van der Waals surface area contributed by atoms with Gasteiger partial charge in [-0.15, -0.1) is 0 Å². The minimum Gasteiger partial charge on any atom is -0.467 e. The van der Waals surface area contributed by atoms with E-state index in [-0.39, 0.29) is 17.9 Å². The molecule has 1 saturated carbocycles. The number of hydrogen-bond donors (Lipinski definition) is 0. The first-order valence-corrected chi connectivity index (χ1v) is 7.80. The van der Waals surface area contributed by atoms with Crippen molar-refractivity contribution in [2.24, 2.45) is 17.8 Å². The molecule has 5 nitrogen and oxygen atoms in total. The highest BCUT2D eigenvalue weighted by molar-refractivity contribution is 5.83. The van der Waals surface area contributed by atoms with Gasteiger partial charge in [-0.3, -0.25) is 4.90 Å². The van der Waals surface area contributed by atoms with Crippen LogP contribution in [-0.2, 0) is 14.3 Å². The molecular weight excluding hydrogens is 270 g/mol. The topological polar surface area (TPSA) is 55.8 Å². The summed E-state index contributed by atoms with van der Waals surface area (Å²) >= 11 is 0. The number of carbonyl (C=O) groups is 2. The maximum absolute atomic E-state index is 12.6. The van der Waals surface area contributed by atoms with E-state index < -0.39 is 17.7 Å². The van der Waals surface area contributed by atoms with Crippen molar-refractivity contribution >= 4 is 12.1 Å². The quantitative estimate of drug-likeness (QED) is 0.735. The van der Waals surface area contributed by atoms with Gasteiger partial charge in [-0.2, -0.15) is 0 Å². The Morgan fingerprint density at radius 1 is 1.29 bits per heavy atom. The predicted molar refractivity (Wildman–Crippen MR) is 78.7 cm³/mol. The van der Waals surface area contributed by atoms with Crippen LogP contribution in [0.15, 0.2) is 0 Å². The van der Waals surface area contributed by atoms with Crippen LogP contribution < -0.4 is 0 Å². The van der Waals surface area contributed by atoms with E-state index in [4.69, 9.17) is 9.47 Å². The van der Waals surface area contributed by atoms with Crippen molar-refractivity contribution in [3.05, 3.63) is 0 Å². The van der Waals surface area contributed by atoms with Gasteiger partial charge in [0, 0.05) is 6.04 Å². The fraction of sp³-hybridized carbons (Fsp3) is 0.875. The lowest BCUT2D eigenvalue weighted by atomic mass is 9.63. The molecule has 0 bridgehead atoms. The Kier molecular flexibility index (Phi) is 4.22. The summed E-state index contributed by atoms with van der Waals surface area (Å²) in [6.45, 7) is 9.77. The van der Waals surface area contributed by atoms with Crippen LogP contribution >= 0.6 is 0 Å². The van der Waals surface area contributed by atoms with Gasteiger partial charge in [0.25, 0.3) is 0 Å². The summed E-state index contributed by atoms with van der Waals surface area (Å²) in [6.07, 6.45) is 1.41. The predicted octanol–water partition coefficient (Wildman–Crippen LogP) is 2.83. The minimum atomic E-state index is -0.566. The molecular formula is C16H27NO4. The highest BCUT2D eigenvalue weighted by Gasteiger charge is 2.61. The number of likely N-dealkylation sites (tertiary alicyclic amines) is 1. The smallest absolute Gasteiger partial charge is 0.411 e. The molecule has 5 atom stereocenters. The number of ether oxygens (including phenoxy) is 2. The molecule has 1 aliphatic carbocycles. The lowest BCUT2D eigenvalue weighted by Gasteiger charge is -2.40. The van der Waals surface area contributed by atoms with E-state index in [2.05, 4.69) is 13.8 Å². The second-order valence-electron chi connectivity index (χ2n) is 7.29. The second-order valence-corrected chi connectivity index (χ2v) is 7.29. The van der Waals surface area contributed by atoms with Crippen LogP contribution in [0.3, 0.4) is 0 Å². The van der Waals surface area contributed by atoms with Crippen molar-refractivity contribution in [1.29, 1.82) is 0 Å². The van der Waals surface area contributed by atoms with Gasteiger partial charge in [0.2, 0.25) is 0 Å². The first-order valence-electron chi connectivity index (χ1n) is 7.80. The number of fused-ring (bicyclic) bond motifs is 1. The number of esters is 1. The first-order chi connectivity index (χ1) is 9.71. The highest BCUT2D eigenvalue weighted by atomic mass is 16.6. The average Bonchev–Trinajstić information content (AvgIpc) is 2.64. The van der Waals surface area contributed by atoms with Crippen LogP contribution in [0.1, 0.15) is 47.5 Å². The number of nitrogens with zero attached hydrogens (tertiary/aromatic N) is 1. The van der Waals surface area contributed by atoms with Crippen molar-refractivity contribution in [1.82, 2.24) is 4.90 Å². The lowest BCUT2D eigenvalue weighted by Crippen LogP contribution is -2.48. The number of hydrogen-bond acceptors (Lipinski definition) is 4. The lowest BCUT2D eigenvalue weighted by molar-refractivity contribution is -0.148. The molecule has 1 amide bonds. The number of methoxy groups -OCH3 is 1. The zero-order valence-electron chi connectivity index (χ0n) is 13.9. The van der Waals surface area contributed by atoms with E-state index in [0.29, 0.717) is 11.8 Å². The van der Waals surface area contributed by atoms with Crippen LogP contribution in [0.4, 0.5) is 4.79 Å². The molecule has 2 aliphatic rings.